The summed E-state index contributed by atoms with van der Waals surface area (Å²) in [4.78, 5) is 48.7. The number of carbonyl (C=O) groups is 4. The van der Waals surface area contributed by atoms with E-state index in [4.69, 9.17) is 11.1 Å². The Morgan fingerprint density at radius 2 is 1.63 bits per heavy atom. The number of carboxylic acid groups (broad SMARTS) is 1. The summed E-state index contributed by atoms with van der Waals surface area (Å²) >= 11 is 0. The molecule has 220 valence electrons. The molecule has 3 amide bonds. The van der Waals surface area contributed by atoms with Crippen LogP contribution in [-0.4, -0.2) is 66.1 Å². The number of hydrogen-bond donors (Lipinski definition) is 6. The van der Waals surface area contributed by atoms with Crippen molar-refractivity contribution in [3.8, 4) is 0 Å². The molecule has 1 heterocycles. The van der Waals surface area contributed by atoms with Crippen LogP contribution in [0.1, 0.15) is 44.1 Å². The molecule has 2 aromatic rings. The van der Waals surface area contributed by atoms with Gasteiger partial charge in [-0.1, -0.05) is 30.3 Å². The van der Waals surface area contributed by atoms with Gasteiger partial charge in [0.25, 0.3) is 0 Å². The molecule has 3 rings (SSSR count). The van der Waals surface area contributed by atoms with E-state index in [2.05, 4.69) is 16.0 Å². The molecule has 0 spiro atoms. The zero-order valence-corrected chi connectivity index (χ0v) is 23.2. The number of sulfonamides is 1. The SMILES string of the molecule is N=C(N)NC(=O)CCCCC(=O)Nc1ccc(C[C@H](NC(=O)[C@@H]2CCCN2S(=O)(=O)c2ccccc2)C(=O)O)cc1. The van der Waals surface area contributed by atoms with E-state index in [-0.39, 0.29) is 48.9 Å². The van der Waals surface area contributed by atoms with Gasteiger partial charge in [0.1, 0.15) is 12.1 Å². The van der Waals surface area contributed by atoms with E-state index in [1.165, 1.54) is 12.1 Å². The fourth-order valence-corrected chi connectivity index (χ4v) is 6.13. The van der Waals surface area contributed by atoms with Crippen LogP contribution in [0.5, 0.6) is 0 Å². The highest BCUT2D eigenvalue weighted by atomic mass is 32.2. The first-order chi connectivity index (χ1) is 19.5. The van der Waals surface area contributed by atoms with Crippen LogP contribution in [0.25, 0.3) is 0 Å². The van der Waals surface area contributed by atoms with Gasteiger partial charge >= 0.3 is 5.97 Å². The van der Waals surface area contributed by atoms with Crippen molar-refractivity contribution in [1.29, 1.82) is 5.41 Å². The van der Waals surface area contributed by atoms with Gasteiger partial charge < -0.3 is 21.5 Å². The maximum atomic E-state index is 13.1. The summed E-state index contributed by atoms with van der Waals surface area (Å²) < 4.78 is 27.3. The van der Waals surface area contributed by atoms with Gasteiger partial charge in [0.15, 0.2) is 5.96 Å². The molecule has 0 unspecified atom stereocenters. The molecular weight excluding hydrogens is 552 g/mol. The second kappa shape index (κ2) is 14.4. The third kappa shape index (κ3) is 9.11. The molecule has 0 aliphatic carbocycles. The molecule has 2 aromatic carbocycles. The molecule has 1 aliphatic heterocycles. The molecule has 7 N–H and O–H groups in total. The molecular formula is C27H34N6O7S. The normalized spacial score (nSPS) is 16.0. The summed E-state index contributed by atoms with van der Waals surface area (Å²) in [7, 11) is -3.92. The number of anilines is 1. The number of nitrogens with one attached hydrogen (secondary N) is 4. The van der Waals surface area contributed by atoms with Crippen LogP contribution in [0.4, 0.5) is 5.69 Å². The van der Waals surface area contributed by atoms with Crippen molar-refractivity contribution in [2.75, 3.05) is 11.9 Å². The Morgan fingerprint density at radius 1 is 1.00 bits per heavy atom. The molecule has 1 saturated heterocycles. The summed E-state index contributed by atoms with van der Waals surface area (Å²) in [5.74, 6) is -3.00. The molecule has 0 radical (unpaired) electrons. The first kappa shape index (κ1) is 31.2. The second-order valence-corrected chi connectivity index (χ2v) is 11.5. The highest BCUT2D eigenvalue weighted by molar-refractivity contribution is 7.89. The number of rotatable bonds is 13. The fraction of sp³-hybridized carbons (Fsp3) is 0.370. The van der Waals surface area contributed by atoms with Crippen LogP contribution in [0.15, 0.2) is 59.5 Å². The molecule has 13 nitrogen and oxygen atoms in total. The lowest BCUT2D eigenvalue weighted by molar-refractivity contribution is -0.142. The van der Waals surface area contributed by atoms with Crippen molar-refractivity contribution in [2.24, 2.45) is 5.73 Å². The summed E-state index contributed by atoms with van der Waals surface area (Å²) in [6.07, 6.45) is 1.94. The van der Waals surface area contributed by atoms with Crippen LogP contribution in [0.3, 0.4) is 0 Å². The first-order valence-electron chi connectivity index (χ1n) is 13.1. The quantitative estimate of drug-likeness (QED) is 0.114. The smallest absolute Gasteiger partial charge is 0.326 e. The van der Waals surface area contributed by atoms with Crippen LogP contribution >= 0.6 is 0 Å². The van der Waals surface area contributed by atoms with Crippen molar-refractivity contribution in [1.82, 2.24) is 14.9 Å². The number of amides is 3. The monoisotopic (exact) mass is 586 g/mol. The lowest BCUT2D eigenvalue weighted by atomic mass is 10.0. The van der Waals surface area contributed by atoms with E-state index >= 15 is 0 Å². The predicted octanol–water partition coefficient (Wildman–Crippen LogP) is 1.16. The van der Waals surface area contributed by atoms with Gasteiger partial charge in [-0.15, -0.1) is 0 Å². The van der Waals surface area contributed by atoms with Gasteiger partial charge in [-0.2, -0.15) is 4.31 Å². The van der Waals surface area contributed by atoms with E-state index in [0.717, 1.165) is 4.31 Å². The number of carboxylic acids is 1. The van der Waals surface area contributed by atoms with Gasteiger partial charge in [-0.25, -0.2) is 13.2 Å². The van der Waals surface area contributed by atoms with Gasteiger partial charge in [0.05, 0.1) is 4.90 Å². The summed E-state index contributed by atoms with van der Waals surface area (Å²) in [5.41, 5.74) is 6.17. The van der Waals surface area contributed by atoms with Crippen LogP contribution in [0, 0.1) is 5.41 Å². The van der Waals surface area contributed by atoms with E-state index in [1.807, 2.05) is 0 Å². The standard InChI is InChI=1S/C27H34N6O7S/c28-27(29)32-24(35)11-5-4-10-23(34)30-19-14-12-18(13-15-19)17-21(26(37)38)31-25(36)22-9-6-16-33(22)41(39,40)20-7-2-1-3-8-20/h1-3,7-8,12-15,21-22H,4-6,9-11,16-17H2,(H,30,34)(H,31,36)(H,37,38)(H4,28,29,32,35)/t21-,22-/m0/s1. The minimum atomic E-state index is -3.92. The Morgan fingerprint density at radius 3 is 2.24 bits per heavy atom. The van der Waals surface area contributed by atoms with E-state index < -0.39 is 39.9 Å². The Balaban J connectivity index is 1.53. The number of aliphatic carboxylic acids is 1. The third-order valence-corrected chi connectivity index (χ3v) is 8.40. The Hall–Kier alpha value is -4.30. The van der Waals surface area contributed by atoms with Crippen LogP contribution in [0.2, 0.25) is 0 Å². The Labute approximate surface area is 238 Å². The maximum absolute atomic E-state index is 13.1. The number of nitrogens with two attached hydrogens (primary N) is 1. The third-order valence-electron chi connectivity index (χ3n) is 6.48. The lowest BCUT2D eigenvalue weighted by Gasteiger charge is -2.25. The molecule has 1 aliphatic rings. The molecule has 0 saturated carbocycles. The minimum absolute atomic E-state index is 0.0459. The Kier molecular flexibility index (Phi) is 10.9. The van der Waals surface area contributed by atoms with E-state index in [1.54, 1.807) is 42.5 Å². The average Bonchev–Trinajstić information content (AvgIpc) is 3.43. The molecule has 2 atom stereocenters. The van der Waals surface area contributed by atoms with Crippen molar-refractivity contribution < 1.29 is 32.7 Å². The number of hydrogen-bond acceptors (Lipinski definition) is 7. The highest BCUT2D eigenvalue weighted by Gasteiger charge is 2.40. The van der Waals surface area contributed by atoms with Crippen LogP contribution < -0.4 is 21.7 Å². The minimum Gasteiger partial charge on any atom is -0.480 e. The van der Waals surface area contributed by atoms with Crippen molar-refractivity contribution in [2.45, 2.75) is 61.9 Å². The zero-order valence-electron chi connectivity index (χ0n) is 22.3. The predicted molar refractivity (Wildman–Crippen MR) is 150 cm³/mol. The lowest BCUT2D eigenvalue weighted by Crippen LogP contribution is -2.51. The van der Waals surface area contributed by atoms with E-state index in [9.17, 15) is 32.7 Å². The average molecular weight is 587 g/mol. The van der Waals surface area contributed by atoms with Gasteiger partial charge in [-0.3, -0.25) is 25.1 Å². The molecule has 0 bridgehead atoms. The zero-order chi connectivity index (χ0) is 30.0. The highest BCUT2D eigenvalue weighted by Crippen LogP contribution is 2.26. The number of nitrogens with zero attached hydrogens (tertiary/aromatic N) is 1. The van der Waals surface area contributed by atoms with Crippen molar-refractivity contribution in [3.05, 3.63) is 60.2 Å². The van der Waals surface area contributed by atoms with Crippen molar-refractivity contribution in [3.63, 3.8) is 0 Å². The summed E-state index contributed by atoms with van der Waals surface area (Å²) in [6.45, 7) is 0.162. The largest absolute Gasteiger partial charge is 0.480 e. The number of guanidine groups is 1. The number of carbonyl (C=O) groups excluding carboxylic acids is 3. The van der Waals surface area contributed by atoms with Crippen LogP contribution in [-0.2, 0) is 35.6 Å². The van der Waals surface area contributed by atoms with Crippen molar-refractivity contribution >= 4 is 45.4 Å². The topological polar surface area (TPSA) is 212 Å². The van der Waals surface area contributed by atoms with Gasteiger partial charge in [-0.05, 0) is 55.5 Å². The molecule has 1 fully saturated rings. The fourth-order valence-electron chi connectivity index (χ4n) is 4.45. The van der Waals surface area contributed by atoms with E-state index in [0.29, 0.717) is 30.5 Å². The maximum Gasteiger partial charge on any atom is 0.326 e. The molecule has 41 heavy (non-hydrogen) atoms. The number of benzene rings is 2. The number of unbranched alkanes of at least 4 members (excludes halogenated alkanes) is 1. The second-order valence-electron chi connectivity index (χ2n) is 9.60. The Bertz CT molecular complexity index is 1370. The van der Waals surface area contributed by atoms with Gasteiger partial charge in [0.2, 0.25) is 27.7 Å². The summed E-state index contributed by atoms with van der Waals surface area (Å²) in [5, 5.41) is 24.1. The first-order valence-corrected chi connectivity index (χ1v) is 14.5. The van der Waals surface area contributed by atoms with Gasteiger partial charge in [0, 0.05) is 31.5 Å². The molecule has 0 aromatic heterocycles. The molecule has 14 heteroatoms. The summed E-state index contributed by atoms with van der Waals surface area (Å²) in [6, 6.07) is 12.0.